The molecule has 10 heavy (non-hydrogen) atoms. The molecule has 3 heteroatoms. The molecule has 0 bridgehead atoms. The Bertz CT molecular complexity index is 213. The number of hydrogen-bond acceptors (Lipinski definition) is 3. The molecule has 0 amide bonds. The fourth-order valence-electron chi connectivity index (χ4n) is 1.60. The van der Waals surface area contributed by atoms with Crippen LogP contribution in [0.3, 0.4) is 0 Å². The topological polar surface area (TPSA) is 35.5 Å². The normalized spacial score (nSPS) is 58.7. The second-order valence-corrected chi connectivity index (χ2v) is 3.39. The van der Waals surface area contributed by atoms with Gasteiger partial charge in [0, 0.05) is 0 Å². The smallest absolute Gasteiger partial charge is 0.180 e. The Morgan fingerprint density at radius 3 is 2.30 bits per heavy atom. The van der Waals surface area contributed by atoms with Gasteiger partial charge in [0.15, 0.2) is 11.4 Å². The van der Waals surface area contributed by atoms with Gasteiger partial charge in [0.1, 0.15) is 6.10 Å². The van der Waals surface area contributed by atoms with E-state index in [0.717, 1.165) is 0 Å². The summed E-state index contributed by atoms with van der Waals surface area (Å²) in [4.78, 5) is 20.9. The third-order valence-corrected chi connectivity index (χ3v) is 3.01. The summed E-state index contributed by atoms with van der Waals surface area (Å²) in [6, 6.07) is 0. The van der Waals surface area contributed by atoms with Gasteiger partial charge in [-0.25, -0.2) is 9.78 Å². The van der Waals surface area contributed by atoms with Gasteiger partial charge in [0.25, 0.3) is 0 Å². The molecular formula is C7H10O3. The quantitative estimate of drug-likeness (QED) is 0.467. The predicted molar refractivity (Wildman–Crippen MR) is 33.2 cm³/mol. The van der Waals surface area contributed by atoms with Crippen molar-refractivity contribution in [2.75, 3.05) is 0 Å². The van der Waals surface area contributed by atoms with Gasteiger partial charge in [-0.1, -0.05) is 0 Å². The van der Waals surface area contributed by atoms with E-state index < -0.39 is 5.60 Å². The SMILES string of the molecule is CC1OOC2(C)C(=O)C12C. The lowest BCUT2D eigenvalue weighted by atomic mass is 10.00. The van der Waals surface area contributed by atoms with Crippen molar-refractivity contribution in [1.82, 2.24) is 0 Å². The van der Waals surface area contributed by atoms with Crippen molar-refractivity contribution in [1.29, 1.82) is 0 Å². The van der Waals surface area contributed by atoms with Gasteiger partial charge in [-0.15, -0.1) is 0 Å². The standard InChI is InChI=1S/C7H10O3/c1-4-6(2)5(8)7(6,3)10-9-4/h4H,1-3H3. The first-order chi connectivity index (χ1) is 4.53. The number of Topliss-reactive ketones (excluding diaryl/α,β-unsaturated/α-hetero) is 1. The third-order valence-electron chi connectivity index (χ3n) is 3.01. The molecule has 1 aliphatic carbocycles. The molecule has 1 saturated carbocycles. The number of hydrogen-bond donors (Lipinski definition) is 0. The van der Waals surface area contributed by atoms with E-state index in [2.05, 4.69) is 0 Å². The van der Waals surface area contributed by atoms with Crippen molar-refractivity contribution in [2.24, 2.45) is 5.41 Å². The third kappa shape index (κ3) is 0.352. The highest BCUT2D eigenvalue weighted by Crippen LogP contribution is 2.61. The van der Waals surface area contributed by atoms with Gasteiger partial charge in [0.05, 0.1) is 5.41 Å². The number of carbonyl (C=O) groups excluding carboxylic acids is 1. The predicted octanol–water partition coefficient (Wildman–Crippen LogP) is 0.684. The van der Waals surface area contributed by atoms with E-state index in [1.165, 1.54) is 0 Å². The fraction of sp³-hybridized carbons (Fsp3) is 0.857. The molecule has 0 spiro atoms. The zero-order chi connectivity index (χ0) is 7.57. The van der Waals surface area contributed by atoms with E-state index in [-0.39, 0.29) is 17.3 Å². The lowest BCUT2D eigenvalue weighted by Gasteiger charge is -2.05. The Morgan fingerprint density at radius 1 is 1.50 bits per heavy atom. The minimum atomic E-state index is -0.633. The summed E-state index contributed by atoms with van der Waals surface area (Å²) in [7, 11) is 0. The van der Waals surface area contributed by atoms with Crippen LogP contribution in [0.1, 0.15) is 20.8 Å². The van der Waals surface area contributed by atoms with Crippen molar-refractivity contribution >= 4 is 5.78 Å². The van der Waals surface area contributed by atoms with Crippen molar-refractivity contribution in [3.63, 3.8) is 0 Å². The van der Waals surface area contributed by atoms with Crippen LogP contribution >= 0.6 is 0 Å². The number of ketones is 1. The van der Waals surface area contributed by atoms with Crippen LogP contribution in [-0.2, 0) is 14.6 Å². The molecule has 1 aliphatic heterocycles. The number of rotatable bonds is 0. The van der Waals surface area contributed by atoms with E-state index in [9.17, 15) is 4.79 Å². The summed E-state index contributed by atoms with van der Waals surface area (Å²) in [5.41, 5.74) is -1.00. The van der Waals surface area contributed by atoms with E-state index >= 15 is 0 Å². The first kappa shape index (κ1) is 6.31. The van der Waals surface area contributed by atoms with E-state index in [4.69, 9.17) is 9.78 Å². The number of carbonyl (C=O) groups is 1. The van der Waals surface area contributed by atoms with Crippen LogP contribution in [0.5, 0.6) is 0 Å². The highest BCUT2D eigenvalue weighted by molar-refractivity contribution is 6.11. The Kier molecular flexibility index (Phi) is 0.814. The molecule has 3 nitrogen and oxygen atoms in total. The summed E-state index contributed by atoms with van der Waals surface area (Å²) >= 11 is 0. The molecule has 0 aromatic carbocycles. The molecule has 2 fully saturated rings. The van der Waals surface area contributed by atoms with Crippen molar-refractivity contribution in [3.05, 3.63) is 0 Å². The lowest BCUT2D eigenvalue weighted by molar-refractivity contribution is -0.309. The van der Waals surface area contributed by atoms with Crippen LogP contribution in [0, 0.1) is 5.41 Å². The molecular weight excluding hydrogens is 132 g/mol. The average Bonchev–Trinajstić information content (AvgIpc) is 2.17. The van der Waals surface area contributed by atoms with Crippen LogP contribution in [0.4, 0.5) is 0 Å². The second-order valence-electron chi connectivity index (χ2n) is 3.39. The monoisotopic (exact) mass is 142 g/mol. The van der Waals surface area contributed by atoms with Crippen LogP contribution in [0.25, 0.3) is 0 Å². The first-order valence-corrected chi connectivity index (χ1v) is 3.43. The summed E-state index contributed by atoms with van der Waals surface area (Å²) in [5, 5.41) is 0. The molecule has 2 aliphatic rings. The van der Waals surface area contributed by atoms with Crippen molar-refractivity contribution in [3.8, 4) is 0 Å². The molecule has 1 saturated heterocycles. The summed E-state index contributed by atoms with van der Waals surface area (Å²) in [6.45, 7) is 5.52. The largest absolute Gasteiger partial charge is 0.295 e. The Morgan fingerprint density at radius 2 is 2.10 bits per heavy atom. The fourth-order valence-corrected chi connectivity index (χ4v) is 1.60. The molecule has 2 rings (SSSR count). The summed E-state index contributed by atoms with van der Waals surface area (Å²) in [6.07, 6.45) is -0.0926. The van der Waals surface area contributed by atoms with Gasteiger partial charge in [-0.3, -0.25) is 4.79 Å². The molecule has 0 aromatic heterocycles. The molecule has 56 valence electrons. The van der Waals surface area contributed by atoms with Crippen LogP contribution < -0.4 is 0 Å². The second kappa shape index (κ2) is 1.29. The van der Waals surface area contributed by atoms with Crippen molar-refractivity contribution in [2.45, 2.75) is 32.5 Å². The summed E-state index contributed by atoms with van der Waals surface area (Å²) < 4.78 is 0. The zero-order valence-electron chi connectivity index (χ0n) is 6.30. The Labute approximate surface area is 59.2 Å². The summed E-state index contributed by atoms with van der Waals surface area (Å²) in [5.74, 6) is 0.166. The van der Waals surface area contributed by atoms with Gasteiger partial charge >= 0.3 is 0 Å². The maximum Gasteiger partial charge on any atom is 0.180 e. The van der Waals surface area contributed by atoms with E-state index in [1.54, 1.807) is 6.92 Å². The molecule has 0 N–H and O–H groups in total. The molecule has 3 atom stereocenters. The zero-order valence-corrected chi connectivity index (χ0v) is 6.30. The van der Waals surface area contributed by atoms with Crippen LogP contribution in [-0.4, -0.2) is 17.5 Å². The molecule has 1 heterocycles. The van der Waals surface area contributed by atoms with Gasteiger partial charge in [-0.2, -0.15) is 0 Å². The first-order valence-electron chi connectivity index (χ1n) is 3.43. The van der Waals surface area contributed by atoms with Gasteiger partial charge in [0.2, 0.25) is 0 Å². The van der Waals surface area contributed by atoms with Gasteiger partial charge < -0.3 is 0 Å². The molecule has 0 radical (unpaired) electrons. The van der Waals surface area contributed by atoms with Crippen LogP contribution in [0.15, 0.2) is 0 Å². The minimum Gasteiger partial charge on any atom is -0.295 e. The van der Waals surface area contributed by atoms with Crippen molar-refractivity contribution < 1.29 is 14.6 Å². The molecule has 3 unspecified atom stereocenters. The average molecular weight is 142 g/mol. The highest BCUT2D eigenvalue weighted by atomic mass is 17.2. The lowest BCUT2D eigenvalue weighted by Crippen LogP contribution is -2.16. The maximum absolute atomic E-state index is 11.1. The minimum absolute atomic E-state index is 0.0926. The molecule has 0 aromatic rings. The maximum atomic E-state index is 11.1. The Balaban J connectivity index is 2.40. The van der Waals surface area contributed by atoms with Crippen LogP contribution in [0.2, 0.25) is 0 Å². The number of fused-ring (bicyclic) bond motifs is 1. The highest BCUT2D eigenvalue weighted by Gasteiger charge is 2.81. The van der Waals surface area contributed by atoms with E-state index in [1.807, 2.05) is 13.8 Å². The van der Waals surface area contributed by atoms with E-state index in [0.29, 0.717) is 0 Å². The van der Waals surface area contributed by atoms with Gasteiger partial charge in [-0.05, 0) is 20.8 Å². The Hall–Kier alpha value is -0.410.